The number of amides is 1. The Bertz CT molecular complexity index is 1600. The summed E-state index contributed by atoms with van der Waals surface area (Å²) in [5.41, 5.74) is 5.95. The number of carbonyl (C=O) groups excluding carboxylic acids is 1. The van der Waals surface area contributed by atoms with Crippen molar-refractivity contribution in [2.75, 3.05) is 43.1 Å². The first-order chi connectivity index (χ1) is 17.9. The fraction of sp³-hybridized carbons (Fsp3) is 0.179. The number of nitrogens with one attached hydrogen (secondary N) is 4. The van der Waals surface area contributed by atoms with Gasteiger partial charge in [0.15, 0.2) is 0 Å². The number of rotatable bonds is 9. The van der Waals surface area contributed by atoms with Gasteiger partial charge >= 0.3 is 0 Å². The van der Waals surface area contributed by atoms with Crippen LogP contribution in [0.2, 0.25) is 0 Å². The van der Waals surface area contributed by atoms with Crippen LogP contribution in [-0.2, 0) is 11.8 Å². The largest absolute Gasteiger partial charge is 0.382 e. The zero-order chi connectivity index (χ0) is 25.9. The van der Waals surface area contributed by atoms with Gasteiger partial charge in [0.25, 0.3) is 0 Å². The van der Waals surface area contributed by atoms with Gasteiger partial charge in [-0.25, -0.2) is 4.98 Å². The molecule has 9 nitrogen and oxygen atoms in total. The van der Waals surface area contributed by atoms with Crippen LogP contribution in [0.5, 0.6) is 0 Å². The number of hydrogen-bond acceptors (Lipinski definition) is 6. The average Bonchev–Trinajstić information content (AvgIpc) is 3.49. The van der Waals surface area contributed by atoms with E-state index in [9.17, 15) is 4.79 Å². The average molecular weight is 495 g/mol. The maximum Gasteiger partial charge on any atom is 0.247 e. The molecule has 0 aliphatic heterocycles. The van der Waals surface area contributed by atoms with Gasteiger partial charge in [0.05, 0.1) is 17.1 Å². The number of carbonyl (C=O) groups is 1. The quantitative estimate of drug-likeness (QED) is 0.216. The van der Waals surface area contributed by atoms with Crippen LogP contribution in [-0.4, -0.2) is 57.5 Å². The zero-order valence-corrected chi connectivity index (χ0v) is 21.2. The van der Waals surface area contributed by atoms with Gasteiger partial charge in [0, 0.05) is 60.1 Å². The van der Waals surface area contributed by atoms with E-state index >= 15 is 0 Å². The van der Waals surface area contributed by atoms with Crippen LogP contribution in [0, 0.1) is 0 Å². The first-order valence-corrected chi connectivity index (χ1v) is 12.1. The molecule has 1 amide bonds. The Labute approximate surface area is 215 Å². The maximum atomic E-state index is 12.1. The van der Waals surface area contributed by atoms with Crippen LogP contribution in [0.3, 0.4) is 0 Å². The van der Waals surface area contributed by atoms with E-state index in [2.05, 4.69) is 55.3 Å². The van der Waals surface area contributed by atoms with Gasteiger partial charge in [0.1, 0.15) is 5.65 Å². The Kier molecular flexibility index (Phi) is 6.61. The highest BCUT2D eigenvalue weighted by Crippen LogP contribution is 2.34. The molecule has 3 aromatic heterocycles. The SMILES string of the molecule is C=CC(=O)Nc1cc(Nc2nc(-c3cn(C)c4ccccc34)c3cc[nH]c3n2)ccc1NCCN(C)C. The minimum atomic E-state index is -0.282. The van der Waals surface area contributed by atoms with Gasteiger partial charge in [-0.15, -0.1) is 0 Å². The third-order valence-electron chi connectivity index (χ3n) is 6.16. The minimum absolute atomic E-state index is 0.282. The van der Waals surface area contributed by atoms with Crippen molar-refractivity contribution in [3.05, 3.63) is 73.6 Å². The van der Waals surface area contributed by atoms with E-state index in [1.165, 1.54) is 6.08 Å². The summed E-state index contributed by atoms with van der Waals surface area (Å²) in [7, 11) is 6.07. The first kappa shape index (κ1) is 24.1. The Balaban J connectivity index is 1.51. The second kappa shape index (κ2) is 10.2. The van der Waals surface area contributed by atoms with Crippen molar-refractivity contribution in [3.8, 4) is 11.3 Å². The van der Waals surface area contributed by atoms with Gasteiger partial charge in [0.2, 0.25) is 11.9 Å². The smallest absolute Gasteiger partial charge is 0.247 e. The molecule has 0 saturated heterocycles. The number of nitrogens with zero attached hydrogens (tertiary/aromatic N) is 4. The third kappa shape index (κ3) is 5.03. The van der Waals surface area contributed by atoms with E-state index in [1.54, 1.807) is 0 Å². The molecule has 0 aliphatic carbocycles. The second-order valence-corrected chi connectivity index (χ2v) is 9.12. The van der Waals surface area contributed by atoms with Crippen molar-refractivity contribution >= 4 is 50.9 Å². The summed E-state index contributed by atoms with van der Waals surface area (Å²) >= 11 is 0. The van der Waals surface area contributed by atoms with Gasteiger partial charge in [-0.05, 0) is 50.5 Å². The van der Waals surface area contributed by atoms with E-state index in [0.717, 1.165) is 57.7 Å². The molecule has 188 valence electrons. The number of aromatic nitrogens is 4. The molecule has 2 aromatic carbocycles. The fourth-order valence-corrected chi connectivity index (χ4v) is 4.34. The van der Waals surface area contributed by atoms with E-state index < -0.39 is 0 Å². The summed E-state index contributed by atoms with van der Waals surface area (Å²) in [5, 5.41) is 11.7. The van der Waals surface area contributed by atoms with Crippen molar-refractivity contribution < 1.29 is 4.79 Å². The first-order valence-electron chi connectivity index (χ1n) is 12.1. The van der Waals surface area contributed by atoms with Crippen LogP contribution in [0.25, 0.3) is 33.2 Å². The number of hydrogen-bond donors (Lipinski definition) is 4. The van der Waals surface area contributed by atoms with Crippen molar-refractivity contribution in [3.63, 3.8) is 0 Å². The number of benzene rings is 2. The number of anilines is 4. The van der Waals surface area contributed by atoms with Crippen LogP contribution >= 0.6 is 0 Å². The Morgan fingerprint density at radius 2 is 1.95 bits per heavy atom. The Morgan fingerprint density at radius 3 is 2.76 bits per heavy atom. The maximum absolute atomic E-state index is 12.1. The summed E-state index contributed by atoms with van der Waals surface area (Å²) < 4.78 is 2.11. The van der Waals surface area contributed by atoms with Crippen molar-refractivity contribution in [1.29, 1.82) is 0 Å². The molecule has 0 fully saturated rings. The highest BCUT2D eigenvalue weighted by atomic mass is 16.1. The fourth-order valence-electron chi connectivity index (χ4n) is 4.34. The molecule has 0 atom stereocenters. The molecule has 5 aromatic rings. The molecule has 0 radical (unpaired) electrons. The predicted molar refractivity (Wildman–Crippen MR) is 151 cm³/mol. The van der Waals surface area contributed by atoms with E-state index in [4.69, 9.17) is 9.97 Å². The number of H-pyrrole nitrogens is 1. The summed E-state index contributed by atoms with van der Waals surface area (Å²) in [6.07, 6.45) is 5.22. The van der Waals surface area contributed by atoms with Crippen molar-refractivity contribution in [2.24, 2.45) is 7.05 Å². The highest BCUT2D eigenvalue weighted by molar-refractivity contribution is 6.03. The third-order valence-corrected chi connectivity index (χ3v) is 6.16. The molecule has 0 saturated carbocycles. The van der Waals surface area contributed by atoms with Gasteiger partial charge in [-0.3, -0.25) is 4.79 Å². The lowest BCUT2D eigenvalue weighted by atomic mass is 10.1. The summed E-state index contributed by atoms with van der Waals surface area (Å²) in [5.74, 6) is 0.169. The number of para-hydroxylation sites is 1. The molecule has 0 spiro atoms. The molecule has 37 heavy (non-hydrogen) atoms. The van der Waals surface area contributed by atoms with Crippen molar-refractivity contribution in [2.45, 2.75) is 0 Å². The highest BCUT2D eigenvalue weighted by Gasteiger charge is 2.16. The summed E-state index contributed by atoms with van der Waals surface area (Å²) in [6.45, 7) is 5.16. The van der Waals surface area contributed by atoms with E-state index in [-0.39, 0.29) is 5.91 Å². The Morgan fingerprint density at radius 1 is 1.11 bits per heavy atom. The molecule has 0 unspecified atom stereocenters. The molecule has 3 heterocycles. The molecule has 4 N–H and O–H groups in total. The zero-order valence-electron chi connectivity index (χ0n) is 21.2. The normalized spacial score (nSPS) is 11.2. The molecular formula is C28H30N8O. The van der Waals surface area contributed by atoms with Crippen molar-refractivity contribution in [1.82, 2.24) is 24.4 Å². The lowest BCUT2D eigenvalue weighted by Crippen LogP contribution is -2.21. The molecule has 0 aliphatic rings. The topological polar surface area (TPSA) is 103 Å². The van der Waals surface area contributed by atoms with Crippen LogP contribution in [0.15, 0.2) is 73.6 Å². The number of fused-ring (bicyclic) bond motifs is 2. The minimum Gasteiger partial charge on any atom is -0.382 e. The van der Waals surface area contributed by atoms with Gasteiger partial charge in [-0.1, -0.05) is 24.8 Å². The van der Waals surface area contributed by atoms with Gasteiger partial charge in [-0.2, -0.15) is 4.98 Å². The van der Waals surface area contributed by atoms with Crippen LogP contribution < -0.4 is 16.0 Å². The monoisotopic (exact) mass is 494 g/mol. The number of likely N-dealkylation sites (N-methyl/N-ethyl adjacent to an activating group) is 1. The Hall–Kier alpha value is -4.63. The van der Waals surface area contributed by atoms with E-state index in [0.29, 0.717) is 11.6 Å². The van der Waals surface area contributed by atoms with Gasteiger partial charge < -0.3 is 30.4 Å². The lowest BCUT2D eigenvalue weighted by Gasteiger charge is -2.16. The molecule has 0 bridgehead atoms. The lowest BCUT2D eigenvalue weighted by molar-refractivity contribution is -0.111. The van der Waals surface area contributed by atoms with E-state index in [1.807, 2.05) is 63.7 Å². The molecule has 9 heteroatoms. The molecule has 5 rings (SSSR count). The van der Waals surface area contributed by atoms with Crippen LogP contribution in [0.4, 0.5) is 23.0 Å². The molecular weight excluding hydrogens is 464 g/mol. The number of aromatic amines is 1. The summed E-state index contributed by atoms with van der Waals surface area (Å²) in [6, 6.07) is 16.0. The van der Waals surface area contributed by atoms with Crippen LogP contribution in [0.1, 0.15) is 0 Å². The standard InChI is InChI=1S/C28H30N8O/c1-5-25(37)32-23-16-18(10-11-22(23)29-14-15-35(2)3)31-28-33-26(20-12-13-30-27(20)34-28)21-17-36(4)24-9-7-6-8-19(21)24/h5-13,16-17,29H,1,14-15H2,2-4H3,(H,32,37)(H2,30,31,33,34). The predicted octanol–water partition coefficient (Wildman–Crippen LogP) is 4.96. The summed E-state index contributed by atoms with van der Waals surface area (Å²) in [4.78, 5) is 27.0. The number of aryl methyl sites for hydroxylation is 1. The second-order valence-electron chi connectivity index (χ2n) is 9.12.